The van der Waals surface area contributed by atoms with Crippen molar-refractivity contribution < 1.29 is 23.8 Å². The van der Waals surface area contributed by atoms with E-state index >= 15 is 0 Å². The van der Waals surface area contributed by atoms with Crippen LogP contribution in [0.3, 0.4) is 0 Å². The number of aryl methyl sites for hydroxylation is 1. The molecule has 222 valence electrons. The molecule has 9 nitrogen and oxygen atoms in total. The summed E-state index contributed by atoms with van der Waals surface area (Å²) in [5.41, 5.74) is 2.77. The number of hydrogen-bond acceptors (Lipinski definition) is 7. The molecule has 2 bridgehead atoms. The maximum atomic E-state index is 13.3. The maximum absolute atomic E-state index is 13.3. The van der Waals surface area contributed by atoms with Crippen molar-refractivity contribution >= 4 is 28.9 Å². The molecule has 3 aromatic carbocycles. The number of rotatable bonds is 9. The minimum Gasteiger partial charge on any atom is -0.497 e. The van der Waals surface area contributed by atoms with Crippen LogP contribution in [-0.4, -0.2) is 36.0 Å². The third kappa shape index (κ3) is 6.35. The predicted molar refractivity (Wildman–Crippen MR) is 164 cm³/mol. The van der Waals surface area contributed by atoms with E-state index in [0.717, 1.165) is 46.2 Å². The average Bonchev–Trinajstić information content (AvgIpc) is 3.57. The minimum atomic E-state index is -0.881. The zero-order valence-electron chi connectivity index (χ0n) is 24.3. The van der Waals surface area contributed by atoms with E-state index in [9.17, 15) is 9.59 Å². The number of aromatic nitrogens is 1. The maximum Gasteiger partial charge on any atom is 0.409 e. The molecule has 0 spiro atoms. The van der Waals surface area contributed by atoms with Gasteiger partial charge >= 0.3 is 12.2 Å². The van der Waals surface area contributed by atoms with Gasteiger partial charge < -0.3 is 24.8 Å². The Balaban J connectivity index is 1.23. The van der Waals surface area contributed by atoms with E-state index in [1.165, 1.54) is 0 Å². The van der Waals surface area contributed by atoms with Gasteiger partial charge in [-0.3, -0.25) is 5.32 Å². The van der Waals surface area contributed by atoms with Crippen molar-refractivity contribution in [1.82, 2.24) is 15.6 Å². The lowest BCUT2D eigenvalue weighted by molar-refractivity contribution is 0.107. The fourth-order valence-corrected chi connectivity index (χ4v) is 6.59. The van der Waals surface area contributed by atoms with Crippen molar-refractivity contribution in [3.63, 3.8) is 0 Å². The van der Waals surface area contributed by atoms with Gasteiger partial charge in [0.05, 0.1) is 12.6 Å². The highest BCUT2D eigenvalue weighted by molar-refractivity contribution is 5.85. The highest BCUT2D eigenvalue weighted by Gasteiger charge is 2.57. The Kier molecular flexibility index (Phi) is 8.05. The minimum absolute atomic E-state index is 0.111. The highest BCUT2D eigenvalue weighted by atomic mass is 16.6. The van der Waals surface area contributed by atoms with Crippen molar-refractivity contribution in [3.8, 4) is 5.75 Å². The number of carbonyl (C=O) groups excluding carboxylic acids is 2. The van der Waals surface area contributed by atoms with Gasteiger partial charge in [0.2, 0.25) is 0 Å². The molecule has 2 aliphatic rings. The first kappa shape index (κ1) is 28.3. The molecule has 6 rings (SSSR count). The molecule has 4 atom stereocenters. The number of nitrogens with zero attached hydrogens (tertiary/aromatic N) is 1. The zero-order chi connectivity index (χ0) is 29.8. The Morgan fingerprint density at radius 3 is 2.21 bits per heavy atom. The van der Waals surface area contributed by atoms with E-state index in [4.69, 9.17) is 19.2 Å². The molecule has 0 unspecified atom stereocenters. The van der Waals surface area contributed by atoms with E-state index in [1.54, 1.807) is 7.11 Å². The summed E-state index contributed by atoms with van der Waals surface area (Å²) in [6, 6.07) is 26.7. The van der Waals surface area contributed by atoms with E-state index in [1.807, 2.05) is 91.9 Å². The molecule has 0 aliphatic heterocycles. The van der Waals surface area contributed by atoms with Crippen LogP contribution in [0.2, 0.25) is 0 Å². The van der Waals surface area contributed by atoms with Crippen molar-refractivity contribution in [1.29, 1.82) is 0 Å². The van der Waals surface area contributed by atoms with Crippen LogP contribution in [0.15, 0.2) is 84.9 Å². The normalized spacial score (nSPS) is 22.1. The number of methoxy groups -OCH3 is 1. The van der Waals surface area contributed by atoms with E-state index in [-0.39, 0.29) is 31.1 Å². The van der Waals surface area contributed by atoms with Gasteiger partial charge in [-0.2, -0.15) is 0 Å². The summed E-state index contributed by atoms with van der Waals surface area (Å²) in [4.78, 5) is 31.0. The van der Waals surface area contributed by atoms with Crippen LogP contribution in [0.1, 0.15) is 36.0 Å². The lowest BCUT2D eigenvalue weighted by Crippen LogP contribution is -2.63. The zero-order valence-corrected chi connectivity index (χ0v) is 24.3. The SMILES string of the molecule is COc1ccc2nc(N[C@]3(NC(=O)OCc4ccccc4)C[C@@H]4C[C@H](NC(=O)OCc5ccccc5)[C@H]3C4)cc(C)c2c1. The number of nitrogens with one attached hydrogen (secondary N) is 3. The highest BCUT2D eigenvalue weighted by Crippen LogP contribution is 2.51. The summed E-state index contributed by atoms with van der Waals surface area (Å²) in [7, 11) is 1.64. The second kappa shape index (κ2) is 12.2. The number of hydrogen-bond donors (Lipinski definition) is 3. The summed E-state index contributed by atoms with van der Waals surface area (Å²) in [6.07, 6.45) is 1.31. The molecule has 1 aromatic heterocycles. The number of pyridine rings is 1. The summed E-state index contributed by atoms with van der Waals surface area (Å²) in [5.74, 6) is 1.58. The van der Waals surface area contributed by atoms with Gasteiger partial charge in [0.15, 0.2) is 0 Å². The number of ether oxygens (including phenoxy) is 3. The van der Waals surface area contributed by atoms with Crippen molar-refractivity contribution in [2.24, 2.45) is 11.8 Å². The molecule has 0 radical (unpaired) electrons. The average molecular weight is 581 g/mol. The van der Waals surface area contributed by atoms with Crippen LogP contribution in [-0.2, 0) is 22.7 Å². The van der Waals surface area contributed by atoms with E-state index < -0.39 is 17.8 Å². The predicted octanol–water partition coefficient (Wildman–Crippen LogP) is 6.31. The van der Waals surface area contributed by atoms with E-state index in [2.05, 4.69) is 16.0 Å². The first-order valence-corrected chi connectivity index (χ1v) is 14.6. The summed E-state index contributed by atoms with van der Waals surface area (Å²) in [5, 5.41) is 10.8. The first-order valence-electron chi connectivity index (χ1n) is 14.6. The Hall–Kier alpha value is -4.79. The van der Waals surface area contributed by atoms with Crippen molar-refractivity contribution in [3.05, 3.63) is 102 Å². The van der Waals surface area contributed by atoms with Gasteiger partial charge in [-0.05, 0) is 73.1 Å². The molecule has 9 heteroatoms. The van der Waals surface area contributed by atoms with Crippen LogP contribution in [0.5, 0.6) is 5.75 Å². The Bertz CT molecular complexity index is 1600. The standard InChI is InChI=1S/C34H36N4O5/c1-22-15-31(35-29-14-13-26(41-2)18-27(22)29)37-34(38-33(40)43-21-24-11-7-4-8-12-24)19-25-16-28(34)30(17-25)36-32(39)42-20-23-9-5-3-6-10-23/h3-15,18,25,28,30H,16-17,19-21H2,1-2H3,(H,35,37)(H,36,39)(H,38,40)/t25-,28+,30-,34-/m0/s1. The number of fused-ring (bicyclic) bond motifs is 3. The lowest BCUT2D eigenvalue weighted by Gasteiger charge is -2.42. The van der Waals surface area contributed by atoms with Crippen LogP contribution in [0, 0.1) is 18.8 Å². The van der Waals surface area contributed by atoms with Crippen LogP contribution >= 0.6 is 0 Å². The fraction of sp³-hybridized carbons (Fsp3) is 0.324. The molecular formula is C34H36N4O5. The topological polar surface area (TPSA) is 111 Å². The Labute approximate surface area is 250 Å². The molecule has 3 N–H and O–H groups in total. The second-order valence-electron chi connectivity index (χ2n) is 11.5. The number of amides is 2. The molecule has 0 saturated heterocycles. The smallest absolute Gasteiger partial charge is 0.409 e. The summed E-state index contributed by atoms with van der Waals surface area (Å²) >= 11 is 0. The van der Waals surface area contributed by atoms with Crippen molar-refractivity contribution in [2.75, 3.05) is 12.4 Å². The van der Waals surface area contributed by atoms with E-state index in [0.29, 0.717) is 12.2 Å². The van der Waals surface area contributed by atoms with Gasteiger partial charge in [-0.1, -0.05) is 60.7 Å². The van der Waals surface area contributed by atoms with Crippen molar-refractivity contribution in [2.45, 2.75) is 51.1 Å². The monoisotopic (exact) mass is 580 g/mol. The molecule has 2 saturated carbocycles. The third-order valence-corrected chi connectivity index (χ3v) is 8.53. The largest absolute Gasteiger partial charge is 0.497 e. The Morgan fingerprint density at radius 1 is 0.884 bits per heavy atom. The molecule has 2 amide bonds. The number of benzene rings is 3. The lowest BCUT2D eigenvalue weighted by atomic mass is 9.84. The molecular weight excluding hydrogens is 544 g/mol. The summed E-state index contributed by atoms with van der Waals surface area (Å²) < 4.78 is 16.6. The number of anilines is 1. The van der Waals surface area contributed by atoms with Gasteiger partial charge in [0.1, 0.15) is 30.4 Å². The Morgan fingerprint density at radius 2 is 1.56 bits per heavy atom. The third-order valence-electron chi connectivity index (χ3n) is 8.53. The van der Waals surface area contributed by atoms with Gasteiger partial charge in [-0.15, -0.1) is 0 Å². The molecule has 2 fully saturated rings. The molecule has 1 heterocycles. The van der Waals surface area contributed by atoms with Crippen LogP contribution in [0.25, 0.3) is 10.9 Å². The van der Waals surface area contributed by atoms with Gasteiger partial charge in [0, 0.05) is 17.3 Å². The van der Waals surface area contributed by atoms with Gasteiger partial charge in [-0.25, -0.2) is 14.6 Å². The quantitative estimate of drug-likeness (QED) is 0.199. The molecule has 2 aliphatic carbocycles. The first-order chi connectivity index (χ1) is 20.9. The molecule has 43 heavy (non-hydrogen) atoms. The number of alkyl carbamates (subject to hydrolysis) is 2. The summed E-state index contributed by atoms with van der Waals surface area (Å²) in [6.45, 7) is 2.36. The fourth-order valence-electron chi connectivity index (χ4n) is 6.59. The second-order valence-corrected chi connectivity index (χ2v) is 11.5. The molecule has 4 aromatic rings. The van der Waals surface area contributed by atoms with Crippen LogP contribution in [0.4, 0.5) is 15.4 Å². The van der Waals surface area contributed by atoms with Gasteiger partial charge in [0.25, 0.3) is 0 Å². The number of carbonyl (C=O) groups is 2. The van der Waals surface area contributed by atoms with Crippen LogP contribution < -0.4 is 20.7 Å².